The summed E-state index contributed by atoms with van der Waals surface area (Å²) in [5, 5.41) is 3.97. The van der Waals surface area contributed by atoms with Crippen LogP contribution in [0.25, 0.3) is 0 Å². The molecule has 1 aromatic heterocycles. The van der Waals surface area contributed by atoms with Crippen molar-refractivity contribution < 1.29 is 0 Å². The maximum atomic E-state index is 5.94. The number of hydrazine groups is 1. The van der Waals surface area contributed by atoms with Crippen molar-refractivity contribution in [3.8, 4) is 0 Å². The molecule has 0 saturated carbocycles. The topological polar surface area (TPSA) is 75.9 Å². The van der Waals surface area contributed by atoms with Gasteiger partial charge < -0.3 is 10.7 Å². The Morgan fingerprint density at radius 3 is 2.53 bits per heavy atom. The van der Waals surface area contributed by atoms with Crippen molar-refractivity contribution in [1.82, 2.24) is 9.97 Å². The number of benzene rings is 1. The molecular weight excluding hydrogens is 377 g/mol. The number of aromatic nitrogens is 2. The number of hydrogen-bond donors (Lipinski definition) is 3. The van der Waals surface area contributed by atoms with Crippen LogP contribution in [0.3, 0.4) is 0 Å². The summed E-state index contributed by atoms with van der Waals surface area (Å²) in [7, 11) is 0. The molecule has 100 valence electrons. The summed E-state index contributed by atoms with van der Waals surface area (Å²) in [5.74, 6) is 7.42. The highest BCUT2D eigenvalue weighted by Gasteiger charge is 2.10. The molecule has 4 N–H and O–H groups in total. The molecule has 1 aromatic carbocycles. The van der Waals surface area contributed by atoms with E-state index in [1.54, 1.807) is 0 Å². The smallest absolute Gasteiger partial charge is 0.148 e. The monoisotopic (exact) mass is 389 g/mol. The van der Waals surface area contributed by atoms with Crippen LogP contribution in [0.2, 0.25) is 5.02 Å². The van der Waals surface area contributed by atoms with Crippen molar-refractivity contribution in [3.63, 3.8) is 0 Å². The number of anilines is 3. The summed E-state index contributed by atoms with van der Waals surface area (Å²) >= 11 is 8.16. The van der Waals surface area contributed by atoms with Gasteiger partial charge in [0.15, 0.2) is 0 Å². The maximum absolute atomic E-state index is 5.94. The highest BCUT2D eigenvalue weighted by atomic mass is 127. The van der Waals surface area contributed by atoms with Crippen LogP contribution in [0.1, 0.15) is 11.4 Å². The van der Waals surface area contributed by atoms with Crippen molar-refractivity contribution in [3.05, 3.63) is 38.2 Å². The molecule has 0 spiro atoms. The number of nitrogen functional groups attached to an aromatic ring is 1. The van der Waals surface area contributed by atoms with E-state index in [4.69, 9.17) is 17.4 Å². The summed E-state index contributed by atoms with van der Waals surface area (Å²) in [6.07, 6.45) is 0. The van der Waals surface area contributed by atoms with E-state index in [0.29, 0.717) is 16.7 Å². The third-order valence-electron chi connectivity index (χ3n) is 2.58. The number of halogens is 2. The van der Waals surface area contributed by atoms with Crippen LogP contribution in [0.4, 0.5) is 17.3 Å². The Hall–Kier alpha value is -1.12. The van der Waals surface area contributed by atoms with Crippen LogP contribution in [-0.2, 0) is 0 Å². The lowest BCUT2D eigenvalue weighted by Gasteiger charge is -2.13. The number of hydrogen-bond acceptors (Lipinski definition) is 5. The van der Waals surface area contributed by atoms with Gasteiger partial charge in [0.2, 0.25) is 0 Å². The zero-order valence-corrected chi connectivity index (χ0v) is 13.4. The second-order valence-corrected chi connectivity index (χ2v) is 5.59. The van der Waals surface area contributed by atoms with Gasteiger partial charge in [-0.3, -0.25) is 0 Å². The molecule has 0 aliphatic carbocycles. The molecule has 7 heteroatoms. The molecule has 0 fully saturated rings. The molecule has 1 heterocycles. The van der Waals surface area contributed by atoms with Crippen LogP contribution in [0.15, 0.2) is 18.2 Å². The van der Waals surface area contributed by atoms with Crippen molar-refractivity contribution in [2.24, 2.45) is 5.84 Å². The molecule has 0 unspecified atom stereocenters. The first-order valence-corrected chi connectivity index (χ1v) is 7.01. The Labute approximate surface area is 130 Å². The van der Waals surface area contributed by atoms with Gasteiger partial charge >= 0.3 is 0 Å². The summed E-state index contributed by atoms with van der Waals surface area (Å²) in [6, 6.07) is 5.63. The summed E-state index contributed by atoms with van der Waals surface area (Å²) in [6.45, 7) is 3.72. The van der Waals surface area contributed by atoms with Crippen LogP contribution in [0.5, 0.6) is 0 Å². The SMILES string of the molecule is Cc1nc(NN)c(C)c(Nc2ccc(Cl)cc2I)n1. The van der Waals surface area contributed by atoms with Gasteiger partial charge in [0.25, 0.3) is 0 Å². The van der Waals surface area contributed by atoms with Crippen molar-refractivity contribution in [1.29, 1.82) is 0 Å². The van der Waals surface area contributed by atoms with Gasteiger partial charge in [-0.15, -0.1) is 0 Å². The summed E-state index contributed by atoms with van der Waals surface area (Å²) in [5.41, 5.74) is 4.37. The Kier molecular flexibility index (Phi) is 4.43. The average Bonchev–Trinajstić information content (AvgIpc) is 2.36. The van der Waals surface area contributed by atoms with Gasteiger partial charge in [0.05, 0.1) is 5.69 Å². The number of aryl methyl sites for hydroxylation is 1. The van der Waals surface area contributed by atoms with Crippen LogP contribution in [0, 0.1) is 17.4 Å². The lowest BCUT2D eigenvalue weighted by atomic mass is 10.2. The minimum atomic E-state index is 0.610. The largest absolute Gasteiger partial charge is 0.339 e. The second-order valence-electron chi connectivity index (χ2n) is 3.99. The molecule has 0 saturated heterocycles. The zero-order chi connectivity index (χ0) is 14.0. The van der Waals surface area contributed by atoms with Crippen LogP contribution in [-0.4, -0.2) is 9.97 Å². The van der Waals surface area contributed by atoms with Crippen molar-refractivity contribution >= 4 is 51.5 Å². The predicted molar refractivity (Wildman–Crippen MR) is 86.8 cm³/mol. The van der Waals surface area contributed by atoms with Crippen LogP contribution >= 0.6 is 34.2 Å². The fourth-order valence-corrected chi connectivity index (χ4v) is 2.62. The number of nitrogens with zero attached hydrogens (tertiary/aromatic N) is 2. The fraction of sp³-hybridized carbons (Fsp3) is 0.167. The molecule has 0 amide bonds. The van der Waals surface area contributed by atoms with E-state index < -0.39 is 0 Å². The first kappa shape index (κ1) is 14.3. The van der Waals surface area contributed by atoms with E-state index in [-0.39, 0.29) is 0 Å². The third-order valence-corrected chi connectivity index (χ3v) is 3.71. The summed E-state index contributed by atoms with van der Waals surface area (Å²) < 4.78 is 1.02. The zero-order valence-electron chi connectivity index (χ0n) is 10.5. The Balaban J connectivity index is 2.40. The Bertz CT molecular complexity index is 617. The standard InChI is InChI=1S/C12H13ClIN5/c1-6-11(16-7(2)17-12(6)19-15)18-10-4-3-8(13)5-9(10)14/h3-5H,15H2,1-2H3,(H2,16,17,18,19). The number of rotatable bonds is 3. The van der Waals surface area contributed by atoms with Gasteiger partial charge in [-0.2, -0.15) is 0 Å². The van der Waals surface area contributed by atoms with E-state index in [1.165, 1.54) is 0 Å². The molecule has 2 aromatic rings. The second kappa shape index (κ2) is 5.89. The van der Waals surface area contributed by atoms with E-state index >= 15 is 0 Å². The predicted octanol–water partition coefficient (Wildman–Crippen LogP) is 3.38. The van der Waals surface area contributed by atoms with E-state index in [1.807, 2.05) is 32.0 Å². The molecule has 0 atom stereocenters. The molecule has 19 heavy (non-hydrogen) atoms. The van der Waals surface area contributed by atoms with Gasteiger partial charge in [-0.05, 0) is 54.6 Å². The lowest BCUT2D eigenvalue weighted by Crippen LogP contribution is -2.13. The Morgan fingerprint density at radius 1 is 1.21 bits per heavy atom. The van der Waals surface area contributed by atoms with E-state index in [0.717, 1.165) is 20.6 Å². The number of nitrogens with one attached hydrogen (secondary N) is 2. The van der Waals surface area contributed by atoms with Gasteiger partial charge in [-0.25, -0.2) is 15.8 Å². The molecule has 5 nitrogen and oxygen atoms in total. The normalized spacial score (nSPS) is 10.4. The van der Waals surface area contributed by atoms with Gasteiger partial charge in [0.1, 0.15) is 17.5 Å². The highest BCUT2D eigenvalue weighted by Crippen LogP contribution is 2.27. The van der Waals surface area contributed by atoms with Crippen LogP contribution < -0.4 is 16.6 Å². The highest BCUT2D eigenvalue weighted by molar-refractivity contribution is 14.1. The molecule has 0 bridgehead atoms. The first-order valence-electron chi connectivity index (χ1n) is 5.55. The number of nitrogens with two attached hydrogens (primary N) is 1. The third kappa shape index (κ3) is 3.26. The van der Waals surface area contributed by atoms with Gasteiger partial charge in [-0.1, -0.05) is 11.6 Å². The maximum Gasteiger partial charge on any atom is 0.148 e. The average molecular weight is 390 g/mol. The molecule has 0 aliphatic rings. The quantitative estimate of drug-likeness (QED) is 0.426. The van der Waals surface area contributed by atoms with E-state index in [9.17, 15) is 0 Å². The molecule has 0 radical (unpaired) electrons. The first-order chi connectivity index (χ1) is 9.01. The fourth-order valence-electron chi connectivity index (χ4n) is 1.61. The minimum Gasteiger partial charge on any atom is -0.339 e. The van der Waals surface area contributed by atoms with Crippen molar-refractivity contribution in [2.45, 2.75) is 13.8 Å². The Morgan fingerprint density at radius 2 is 1.89 bits per heavy atom. The van der Waals surface area contributed by atoms with Gasteiger partial charge in [0, 0.05) is 14.2 Å². The molecule has 2 rings (SSSR count). The molecule has 0 aliphatic heterocycles. The minimum absolute atomic E-state index is 0.610. The van der Waals surface area contributed by atoms with Crippen molar-refractivity contribution in [2.75, 3.05) is 10.7 Å². The molecular formula is C12H13ClIN5. The lowest BCUT2D eigenvalue weighted by molar-refractivity contribution is 1.03. The van der Waals surface area contributed by atoms with E-state index in [2.05, 4.69) is 43.3 Å². The summed E-state index contributed by atoms with van der Waals surface area (Å²) in [4.78, 5) is 8.61.